The van der Waals surface area contributed by atoms with Crippen LogP contribution < -0.4 is 5.32 Å². The molecule has 1 aromatic carbocycles. The van der Waals surface area contributed by atoms with Gasteiger partial charge in [-0.25, -0.2) is 4.79 Å². The quantitative estimate of drug-likeness (QED) is 0.677. The first-order valence-corrected chi connectivity index (χ1v) is 7.82. The molecule has 0 saturated heterocycles. The van der Waals surface area contributed by atoms with Gasteiger partial charge < -0.3 is 15.3 Å². The summed E-state index contributed by atoms with van der Waals surface area (Å²) in [6, 6.07) is 5.14. The van der Waals surface area contributed by atoms with Crippen LogP contribution in [0.15, 0.2) is 22.7 Å². The first-order valence-electron chi connectivity index (χ1n) is 7.03. The number of hydrogen-bond donors (Lipinski definition) is 2. The number of nitrogens with one attached hydrogen (secondary N) is 1. The van der Waals surface area contributed by atoms with Crippen molar-refractivity contribution in [2.75, 3.05) is 26.2 Å². The molecule has 0 heterocycles. The van der Waals surface area contributed by atoms with Gasteiger partial charge >= 0.3 is 5.97 Å². The van der Waals surface area contributed by atoms with E-state index in [1.165, 1.54) is 6.42 Å². The topological polar surface area (TPSA) is 52.6 Å². The van der Waals surface area contributed by atoms with E-state index < -0.39 is 5.97 Å². The highest BCUT2D eigenvalue weighted by atomic mass is 79.9. The normalized spacial score (nSPS) is 11.0. The fourth-order valence-electron chi connectivity index (χ4n) is 2.03. The lowest BCUT2D eigenvalue weighted by atomic mass is 10.1. The molecule has 1 rings (SSSR count). The Kier molecular flexibility index (Phi) is 7.80. The highest BCUT2D eigenvalue weighted by molar-refractivity contribution is 9.10. The average Bonchev–Trinajstić information content (AvgIpc) is 2.43. The molecule has 0 aliphatic carbocycles. The Morgan fingerprint density at radius 1 is 1.35 bits per heavy atom. The second-order valence-electron chi connectivity index (χ2n) is 4.72. The third-order valence-electron chi connectivity index (χ3n) is 3.21. The van der Waals surface area contributed by atoms with Crippen LogP contribution in [-0.4, -0.2) is 42.2 Å². The zero-order valence-electron chi connectivity index (χ0n) is 12.2. The Morgan fingerprint density at radius 3 is 2.65 bits per heavy atom. The van der Waals surface area contributed by atoms with Gasteiger partial charge in [0.25, 0.3) is 0 Å². The van der Waals surface area contributed by atoms with Crippen molar-refractivity contribution in [1.29, 1.82) is 0 Å². The van der Waals surface area contributed by atoms with E-state index in [1.54, 1.807) is 12.1 Å². The van der Waals surface area contributed by atoms with Gasteiger partial charge in [0.1, 0.15) is 0 Å². The zero-order chi connectivity index (χ0) is 15.0. The smallest absolute Gasteiger partial charge is 0.335 e. The minimum Gasteiger partial charge on any atom is -0.478 e. The largest absolute Gasteiger partial charge is 0.478 e. The van der Waals surface area contributed by atoms with E-state index in [1.807, 2.05) is 6.07 Å². The maximum Gasteiger partial charge on any atom is 0.335 e. The molecule has 0 fully saturated rings. The lowest BCUT2D eigenvalue weighted by Crippen LogP contribution is -2.32. The lowest BCUT2D eigenvalue weighted by molar-refractivity contribution is 0.0697. The number of rotatable bonds is 9. The van der Waals surface area contributed by atoms with Gasteiger partial charge in [-0.1, -0.05) is 35.8 Å². The van der Waals surface area contributed by atoms with Crippen LogP contribution >= 0.6 is 15.9 Å². The molecule has 1 aromatic rings. The fourth-order valence-corrected chi connectivity index (χ4v) is 2.55. The van der Waals surface area contributed by atoms with Crippen LogP contribution in [-0.2, 0) is 6.54 Å². The average molecular weight is 343 g/mol. The third kappa shape index (κ3) is 5.61. The maximum atomic E-state index is 10.9. The number of carboxylic acids is 1. The van der Waals surface area contributed by atoms with Gasteiger partial charge in [-0.2, -0.15) is 0 Å². The van der Waals surface area contributed by atoms with Gasteiger partial charge in [-0.05, 0) is 37.2 Å². The first kappa shape index (κ1) is 17.1. The van der Waals surface area contributed by atoms with E-state index in [0.29, 0.717) is 5.56 Å². The molecule has 2 N–H and O–H groups in total. The summed E-state index contributed by atoms with van der Waals surface area (Å²) in [7, 11) is 0. The monoisotopic (exact) mass is 342 g/mol. The third-order valence-corrected chi connectivity index (χ3v) is 3.95. The Balaban J connectivity index is 2.40. The number of likely N-dealkylation sites (N-methyl/N-ethyl adjacent to an activating group) is 1. The Hall–Kier alpha value is -0.910. The fraction of sp³-hybridized carbons (Fsp3) is 0.533. The molecule has 0 bridgehead atoms. The van der Waals surface area contributed by atoms with Crippen molar-refractivity contribution in [3.8, 4) is 0 Å². The summed E-state index contributed by atoms with van der Waals surface area (Å²) in [5.41, 5.74) is 1.38. The van der Waals surface area contributed by atoms with E-state index in [9.17, 15) is 4.79 Å². The predicted molar refractivity (Wildman–Crippen MR) is 85.2 cm³/mol. The number of hydrogen-bond acceptors (Lipinski definition) is 3. The first-order chi connectivity index (χ1) is 9.58. The molecule has 5 heteroatoms. The molecular formula is C15H23BrN2O2. The molecule has 0 radical (unpaired) electrons. The van der Waals surface area contributed by atoms with E-state index in [0.717, 1.165) is 42.8 Å². The summed E-state index contributed by atoms with van der Waals surface area (Å²) in [6.45, 7) is 9.29. The minimum atomic E-state index is -0.900. The van der Waals surface area contributed by atoms with Gasteiger partial charge in [0.05, 0.1) is 5.56 Å². The van der Waals surface area contributed by atoms with Gasteiger partial charge in [0, 0.05) is 24.1 Å². The number of benzene rings is 1. The molecule has 0 saturated carbocycles. The summed E-state index contributed by atoms with van der Waals surface area (Å²) in [5.74, 6) is -0.900. The molecule has 0 aromatic heterocycles. The van der Waals surface area contributed by atoms with Crippen molar-refractivity contribution in [2.45, 2.75) is 26.8 Å². The van der Waals surface area contributed by atoms with E-state index in [2.05, 4.69) is 40.0 Å². The number of halogens is 1. The molecule has 0 spiro atoms. The van der Waals surface area contributed by atoms with Gasteiger partial charge in [0.15, 0.2) is 0 Å². The van der Waals surface area contributed by atoms with Crippen molar-refractivity contribution in [3.63, 3.8) is 0 Å². The Bertz CT molecular complexity index is 438. The van der Waals surface area contributed by atoms with Crippen LogP contribution in [0, 0.1) is 0 Å². The van der Waals surface area contributed by atoms with Crippen LogP contribution in [0.2, 0.25) is 0 Å². The molecule has 0 amide bonds. The maximum absolute atomic E-state index is 10.9. The standard InChI is InChI=1S/C15H23BrN2O2/c1-3-8-18(4-2)9-7-17-11-13-6-5-12(15(19)20)10-14(13)16/h5-6,10,17H,3-4,7-9,11H2,1-2H3,(H,19,20). The van der Waals surface area contributed by atoms with E-state index in [-0.39, 0.29) is 0 Å². The second-order valence-corrected chi connectivity index (χ2v) is 5.58. The van der Waals surface area contributed by atoms with Crippen LogP contribution in [0.25, 0.3) is 0 Å². The summed E-state index contributed by atoms with van der Waals surface area (Å²) < 4.78 is 0.839. The lowest BCUT2D eigenvalue weighted by Gasteiger charge is -2.19. The number of carbonyl (C=O) groups is 1. The molecule has 0 aliphatic rings. The molecule has 20 heavy (non-hydrogen) atoms. The highest BCUT2D eigenvalue weighted by Gasteiger charge is 2.06. The number of aromatic carboxylic acids is 1. The van der Waals surface area contributed by atoms with E-state index in [4.69, 9.17) is 5.11 Å². The van der Waals surface area contributed by atoms with Crippen molar-refractivity contribution in [3.05, 3.63) is 33.8 Å². The van der Waals surface area contributed by atoms with Crippen LogP contribution in [0.1, 0.15) is 36.2 Å². The Labute approximate surface area is 129 Å². The second kappa shape index (κ2) is 9.10. The van der Waals surface area contributed by atoms with Gasteiger partial charge in [-0.3, -0.25) is 0 Å². The zero-order valence-corrected chi connectivity index (χ0v) is 13.7. The molecule has 112 valence electrons. The van der Waals surface area contributed by atoms with Crippen molar-refractivity contribution >= 4 is 21.9 Å². The molecule has 0 unspecified atom stereocenters. The van der Waals surface area contributed by atoms with Crippen LogP contribution in [0.5, 0.6) is 0 Å². The van der Waals surface area contributed by atoms with Crippen molar-refractivity contribution in [1.82, 2.24) is 10.2 Å². The van der Waals surface area contributed by atoms with Crippen LogP contribution in [0.3, 0.4) is 0 Å². The summed E-state index contributed by atoms with van der Waals surface area (Å²) >= 11 is 3.42. The number of nitrogens with zero attached hydrogens (tertiary/aromatic N) is 1. The summed E-state index contributed by atoms with van der Waals surface area (Å²) in [4.78, 5) is 13.3. The number of carboxylic acid groups (broad SMARTS) is 1. The minimum absolute atomic E-state index is 0.306. The highest BCUT2D eigenvalue weighted by Crippen LogP contribution is 2.18. The molecule has 0 aliphatic heterocycles. The Morgan fingerprint density at radius 2 is 2.10 bits per heavy atom. The van der Waals surface area contributed by atoms with Crippen LogP contribution in [0.4, 0.5) is 0 Å². The van der Waals surface area contributed by atoms with Gasteiger partial charge in [-0.15, -0.1) is 0 Å². The predicted octanol–water partition coefficient (Wildman–Crippen LogP) is 2.97. The molecule has 0 atom stereocenters. The summed E-state index contributed by atoms with van der Waals surface area (Å²) in [6.07, 6.45) is 1.18. The molecule has 4 nitrogen and oxygen atoms in total. The SMILES string of the molecule is CCCN(CC)CCNCc1ccc(C(=O)O)cc1Br. The molecular weight excluding hydrogens is 320 g/mol. The van der Waals surface area contributed by atoms with Gasteiger partial charge in [0.2, 0.25) is 0 Å². The van der Waals surface area contributed by atoms with Crippen molar-refractivity contribution in [2.24, 2.45) is 0 Å². The van der Waals surface area contributed by atoms with Crippen molar-refractivity contribution < 1.29 is 9.90 Å². The van der Waals surface area contributed by atoms with E-state index >= 15 is 0 Å². The summed E-state index contributed by atoms with van der Waals surface area (Å²) in [5, 5.41) is 12.3.